The minimum Gasteiger partial charge on any atom is -0.323 e. The van der Waals surface area contributed by atoms with Gasteiger partial charge in [0.1, 0.15) is 0 Å². The number of hydrogen-bond donors (Lipinski definition) is 0. The van der Waals surface area contributed by atoms with E-state index in [9.17, 15) is 4.79 Å². The smallest absolute Gasteiger partial charge is 0.235 e. The van der Waals surface area contributed by atoms with Crippen molar-refractivity contribution in [2.24, 2.45) is 0 Å². The summed E-state index contributed by atoms with van der Waals surface area (Å²) in [6.45, 7) is 0. The molecule has 0 saturated carbocycles. The van der Waals surface area contributed by atoms with Gasteiger partial charge in [-0.3, -0.25) is 4.79 Å². The summed E-state index contributed by atoms with van der Waals surface area (Å²) in [6.07, 6.45) is 5.60. The lowest BCUT2D eigenvalue weighted by atomic mass is 10.2. The molecule has 0 aliphatic carbocycles. The zero-order chi connectivity index (χ0) is 9.97. The molecule has 0 aliphatic rings. The lowest BCUT2D eigenvalue weighted by molar-refractivity contribution is 0.562. The number of rotatable bonds is 2. The second-order valence-corrected chi connectivity index (χ2v) is 3.29. The molecule has 0 amide bonds. The van der Waals surface area contributed by atoms with Crippen molar-refractivity contribution >= 4 is 17.9 Å². The molecule has 3 heteroatoms. The van der Waals surface area contributed by atoms with Gasteiger partial charge in [0.15, 0.2) is 0 Å². The zero-order valence-corrected chi connectivity index (χ0v) is 8.03. The maximum Gasteiger partial charge on any atom is 0.235 e. The highest BCUT2D eigenvalue weighted by Crippen LogP contribution is 2.18. The molecule has 0 unspecified atom stereocenters. The first kappa shape index (κ1) is 9.03. The predicted octanol–water partition coefficient (Wildman–Crippen LogP) is 2.59. The number of halogens is 1. The van der Waals surface area contributed by atoms with E-state index in [4.69, 9.17) is 11.6 Å². The maximum absolute atomic E-state index is 10.7. The number of aromatic nitrogens is 1. The number of hydrogen-bond acceptors (Lipinski definition) is 1. The highest BCUT2D eigenvalue weighted by molar-refractivity contribution is 6.30. The van der Waals surface area contributed by atoms with E-state index in [-0.39, 0.29) is 0 Å². The quantitative estimate of drug-likeness (QED) is 0.737. The van der Waals surface area contributed by atoms with Gasteiger partial charge in [0, 0.05) is 17.4 Å². The Bertz CT molecular complexity index is 448. The fourth-order valence-corrected chi connectivity index (χ4v) is 1.48. The highest BCUT2D eigenvalue weighted by atomic mass is 35.5. The Morgan fingerprint density at radius 1 is 1.21 bits per heavy atom. The number of benzene rings is 1. The van der Waals surface area contributed by atoms with E-state index in [2.05, 4.69) is 0 Å². The Balaban J connectivity index is 2.58. The van der Waals surface area contributed by atoms with Gasteiger partial charge in [-0.2, -0.15) is 0 Å². The van der Waals surface area contributed by atoms with Crippen molar-refractivity contribution in [1.29, 1.82) is 0 Å². The molecule has 0 spiro atoms. The van der Waals surface area contributed by atoms with Crippen molar-refractivity contribution < 1.29 is 4.79 Å². The summed E-state index contributed by atoms with van der Waals surface area (Å²) in [6, 6.07) is 8.93. The molecule has 0 fully saturated rings. The Labute approximate surface area is 86.7 Å². The second kappa shape index (κ2) is 3.68. The molecule has 1 aromatic heterocycles. The van der Waals surface area contributed by atoms with Crippen molar-refractivity contribution in [2.75, 3.05) is 0 Å². The minimum atomic E-state index is 0.466. The number of nitrogens with zero attached hydrogens (tertiary/aromatic N) is 1. The van der Waals surface area contributed by atoms with Crippen molar-refractivity contribution in [3.8, 4) is 5.69 Å². The van der Waals surface area contributed by atoms with E-state index in [1.165, 1.54) is 0 Å². The lowest BCUT2D eigenvalue weighted by Crippen LogP contribution is -1.95. The van der Waals surface area contributed by atoms with Crippen molar-refractivity contribution in [1.82, 2.24) is 4.57 Å². The monoisotopic (exact) mass is 204 g/mol. The fraction of sp³-hybridized carbons (Fsp3) is 0. The Hall–Kier alpha value is -1.54. The second-order valence-electron chi connectivity index (χ2n) is 2.85. The van der Waals surface area contributed by atoms with E-state index in [1.807, 2.05) is 35.4 Å². The standard InChI is InChI=1S/C11H7ClNO/c12-10-3-4-11(9(7-10)8-14)13-5-1-2-6-13/h1-7H. The summed E-state index contributed by atoms with van der Waals surface area (Å²) < 4.78 is 1.84. The largest absolute Gasteiger partial charge is 0.323 e. The van der Waals surface area contributed by atoms with Gasteiger partial charge in [-0.1, -0.05) is 11.6 Å². The molecule has 2 aromatic rings. The third kappa shape index (κ3) is 1.56. The summed E-state index contributed by atoms with van der Waals surface area (Å²) >= 11 is 5.77. The van der Waals surface area contributed by atoms with E-state index >= 15 is 0 Å². The number of carbonyl (C=O) groups excluding carboxylic acids is 1. The van der Waals surface area contributed by atoms with Crippen LogP contribution in [0.3, 0.4) is 0 Å². The van der Waals surface area contributed by atoms with Crippen LogP contribution >= 0.6 is 11.6 Å². The first-order valence-electron chi connectivity index (χ1n) is 4.12. The van der Waals surface area contributed by atoms with Gasteiger partial charge in [0.25, 0.3) is 0 Å². The minimum absolute atomic E-state index is 0.466. The van der Waals surface area contributed by atoms with Crippen LogP contribution in [0.2, 0.25) is 5.02 Å². The van der Waals surface area contributed by atoms with Gasteiger partial charge < -0.3 is 4.57 Å². The first-order chi connectivity index (χ1) is 6.81. The summed E-state index contributed by atoms with van der Waals surface area (Å²) in [7, 11) is 0. The van der Waals surface area contributed by atoms with Gasteiger partial charge in [-0.25, -0.2) is 0 Å². The molecule has 69 valence electrons. The van der Waals surface area contributed by atoms with E-state index in [0.29, 0.717) is 10.6 Å². The van der Waals surface area contributed by atoms with E-state index in [0.717, 1.165) is 5.69 Å². The third-order valence-electron chi connectivity index (χ3n) is 1.95. The van der Waals surface area contributed by atoms with Crippen molar-refractivity contribution in [3.63, 3.8) is 0 Å². The summed E-state index contributed by atoms with van der Waals surface area (Å²) in [5, 5.41) is 0.541. The van der Waals surface area contributed by atoms with Gasteiger partial charge in [-0.15, -0.1) is 0 Å². The molecular weight excluding hydrogens is 198 g/mol. The van der Waals surface area contributed by atoms with Crippen molar-refractivity contribution in [3.05, 3.63) is 53.3 Å². The summed E-state index contributed by atoms with van der Waals surface area (Å²) in [5.41, 5.74) is 1.25. The Kier molecular flexibility index (Phi) is 2.37. The molecule has 0 saturated heterocycles. The molecule has 1 radical (unpaired) electrons. The average Bonchev–Trinajstić information content (AvgIpc) is 2.70. The van der Waals surface area contributed by atoms with E-state index in [1.54, 1.807) is 18.2 Å². The lowest BCUT2D eigenvalue weighted by Gasteiger charge is -2.05. The topological polar surface area (TPSA) is 22.0 Å². The third-order valence-corrected chi connectivity index (χ3v) is 2.19. The van der Waals surface area contributed by atoms with Crippen molar-refractivity contribution in [2.45, 2.75) is 0 Å². The molecule has 0 bridgehead atoms. The average molecular weight is 205 g/mol. The molecule has 2 nitrogen and oxygen atoms in total. The molecule has 1 aromatic carbocycles. The Morgan fingerprint density at radius 2 is 1.93 bits per heavy atom. The molecule has 0 N–H and O–H groups in total. The van der Waals surface area contributed by atoms with Gasteiger partial charge in [-0.05, 0) is 30.3 Å². The molecule has 2 rings (SSSR count). The van der Waals surface area contributed by atoms with Crippen LogP contribution in [0.5, 0.6) is 0 Å². The SMILES string of the molecule is O=[C]c1cc(Cl)ccc1-n1cccc1. The highest BCUT2D eigenvalue weighted by Gasteiger charge is 2.03. The van der Waals surface area contributed by atoms with Crippen LogP contribution in [0.25, 0.3) is 5.69 Å². The van der Waals surface area contributed by atoms with Crippen LogP contribution in [-0.2, 0) is 4.79 Å². The van der Waals surface area contributed by atoms with Crippen LogP contribution in [0.4, 0.5) is 0 Å². The summed E-state index contributed by atoms with van der Waals surface area (Å²) in [5.74, 6) is 0. The van der Waals surface area contributed by atoms with Crippen LogP contribution < -0.4 is 0 Å². The Morgan fingerprint density at radius 3 is 2.57 bits per heavy atom. The van der Waals surface area contributed by atoms with Gasteiger partial charge >= 0.3 is 0 Å². The molecule has 0 atom stereocenters. The zero-order valence-electron chi connectivity index (χ0n) is 7.27. The van der Waals surface area contributed by atoms with Crippen LogP contribution in [-0.4, -0.2) is 10.9 Å². The molecule has 14 heavy (non-hydrogen) atoms. The maximum atomic E-state index is 10.7. The van der Waals surface area contributed by atoms with Crippen LogP contribution in [0, 0.1) is 0 Å². The molecular formula is C11H7ClNO. The van der Waals surface area contributed by atoms with Crippen LogP contribution in [0.1, 0.15) is 5.56 Å². The molecule has 0 aliphatic heterocycles. The van der Waals surface area contributed by atoms with E-state index < -0.39 is 0 Å². The van der Waals surface area contributed by atoms with Crippen LogP contribution in [0.15, 0.2) is 42.7 Å². The van der Waals surface area contributed by atoms with Gasteiger partial charge in [0.05, 0.1) is 11.3 Å². The predicted molar refractivity (Wildman–Crippen MR) is 55.6 cm³/mol. The summed E-state index contributed by atoms with van der Waals surface area (Å²) in [4.78, 5) is 10.7. The first-order valence-corrected chi connectivity index (χ1v) is 4.50. The normalized spacial score (nSPS) is 10.1. The van der Waals surface area contributed by atoms with Gasteiger partial charge in [0.2, 0.25) is 6.29 Å². The molecule has 1 heterocycles. The fourth-order valence-electron chi connectivity index (χ4n) is 1.31.